The summed E-state index contributed by atoms with van der Waals surface area (Å²) in [5, 5.41) is 0. The Bertz CT molecular complexity index is 14.5. The van der Waals surface area contributed by atoms with Crippen LogP contribution in [0.25, 0.3) is 0 Å². The molecule has 0 saturated carbocycles. The second-order valence-electron chi connectivity index (χ2n) is 0. The summed E-state index contributed by atoms with van der Waals surface area (Å²) >= 11 is 0. The zero-order chi connectivity index (χ0) is 0. The molecule has 0 bridgehead atoms. The largest absolute Gasteiger partial charge is 4.00 e. The van der Waals surface area contributed by atoms with Crippen molar-refractivity contribution in [2.75, 3.05) is 0 Å². The van der Waals surface area contributed by atoms with E-state index in [1.807, 2.05) is 0 Å². The van der Waals surface area contributed by atoms with Crippen molar-refractivity contribution in [3.05, 3.63) is 0 Å². The molecule has 0 spiro atoms. The van der Waals surface area contributed by atoms with E-state index in [0.717, 1.165) is 0 Å². The Morgan fingerprint density at radius 1 is 0.333 bits per heavy atom. The molecule has 0 saturated heterocycles. The van der Waals surface area contributed by atoms with E-state index in [1.165, 1.54) is 0 Å². The van der Waals surface area contributed by atoms with Crippen molar-refractivity contribution in [3.8, 4) is 0 Å². The molecule has 72 valence electrons. The van der Waals surface area contributed by atoms with Crippen molar-refractivity contribution in [1.29, 1.82) is 0 Å². The van der Waals surface area contributed by atoms with Gasteiger partial charge in [0.2, 0.25) is 0 Å². The van der Waals surface area contributed by atoms with Gasteiger partial charge < -0.3 is 49.3 Å². The van der Waals surface area contributed by atoms with Gasteiger partial charge in [-0.05, 0) is 0 Å². The normalized spacial score (nSPS) is 0. The zero-order valence-electron chi connectivity index (χ0n) is 5.81. The molecule has 0 amide bonds. The molecule has 0 heterocycles. The molecule has 9 nitrogen and oxygen atoms in total. The summed E-state index contributed by atoms with van der Waals surface area (Å²) in [7, 11) is 0. The van der Waals surface area contributed by atoms with Crippen LogP contribution < -0.4 is 0 Å². The van der Waals surface area contributed by atoms with Crippen LogP contribution in [0.1, 0.15) is 0 Å². The van der Waals surface area contributed by atoms with Crippen LogP contribution in [0.2, 0.25) is 0 Å². The molecule has 0 aliphatic carbocycles. The van der Waals surface area contributed by atoms with Crippen molar-refractivity contribution < 1.29 is 71.0 Å². The van der Waals surface area contributed by atoms with Gasteiger partial charge in [0, 0.05) is 0 Å². The summed E-state index contributed by atoms with van der Waals surface area (Å²) in [6.07, 6.45) is 0. The maximum absolute atomic E-state index is 0. The summed E-state index contributed by atoms with van der Waals surface area (Å²) in [4.78, 5) is 0. The Kier molecular flexibility index (Phi) is 41900. The smallest absolute Gasteiger partial charge is 0.870 e. The first kappa shape index (κ1) is 800. The van der Waals surface area contributed by atoms with Gasteiger partial charge >= 0.3 is 62.1 Å². The van der Waals surface area contributed by atoms with E-state index in [4.69, 9.17) is 0 Å². The summed E-state index contributed by atoms with van der Waals surface area (Å²) in [6, 6.07) is 0. The first-order valence-corrected chi connectivity index (χ1v) is 0. The van der Waals surface area contributed by atoms with Crippen molar-refractivity contribution in [1.82, 2.24) is 0 Å². The fourth-order valence-electron chi connectivity index (χ4n) is 0. The van der Waals surface area contributed by atoms with E-state index in [2.05, 4.69) is 0 Å². The number of hydrogen-bond donors (Lipinski definition) is 0. The minimum absolute atomic E-state index is 0. The van der Waals surface area contributed by atoms with Crippen LogP contribution in [0.15, 0.2) is 0 Å². The molecule has 0 fully saturated rings. The van der Waals surface area contributed by atoms with Gasteiger partial charge in [0.25, 0.3) is 0 Å². The SMILES string of the molecule is [Al+3].[Mg+2].[OH-].[OH-].[OH-].[OH-].[OH-].[OH-].[OH-].[OH-].[OH-].[Ti+4]. The molecule has 0 radical (unpaired) electrons. The van der Waals surface area contributed by atoms with E-state index in [1.54, 1.807) is 0 Å². The van der Waals surface area contributed by atoms with Gasteiger partial charge in [0.1, 0.15) is 0 Å². The summed E-state index contributed by atoms with van der Waals surface area (Å²) < 4.78 is 0. The van der Waals surface area contributed by atoms with Crippen molar-refractivity contribution in [2.45, 2.75) is 0 Å². The molecule has 0 aromatic carbocycles. The standard InChI is InChI=1S/Al.Mg.9H2O.Ti/h;;9*1H2;/q+3;+2;;;;;;;;;;+4/p-9. The van der Waals surface area contributed by atoms with Crippen molar-refractivity contribution in [2.24, 2.45) is 0 Å². The molecule has 0 aliphatic heterocycles. The molecule has 0 aliphatic rings. The fourth-order valence-corrected chi connectivity index (χ4v) is 0. The minimum atomic E-state index is 0. The molecule has 12 heavy (non-hydrogen) atoms. The number of hydrogen-bond acceptors (Lipinski definition) is 9. The Morgan fingerprint density at radius 3 is 0.333 bits per heavy atom. The van der Waals surface area contributed by atoms with Crippen LogP contribution in [0.4, 0.5) is 0 Å². The van der Waals surface area contributed by atoms with E-state index < -0.39 is 0 Å². The van der Waals surface area contributed by atoms with Gasteiger partial charge in [-0.15, -0.1) is 0 Å². The average Bonchev–Trinajstić information content (AvgIpc) is 0. The molecule has 12 heteroatoms. The average molecular weight is 252 g/mol. The maximum atomic E-state index is 0. The second-order valence-corrected chi connectivity index (χ2v) is 0. The van der Waals surface area contributed by atoms with Crippen LogP contribution in [0, 0.1) is 0 Å². The zero-order valence-corrected chi connectivity index (χ0v) is 9.94. The molecule has 0 atom stereocenters. The van der Waals surface area contributed by atoms with Crippen LogP contribution in [0.3, 0.4) is 0 Å². The van der Waals surface area contributed by atoms with E-state index >= 15 is 0 Å². The van der Waals surface area contributed by atoms with Gasteiger partial charge in [-0.3, -0.25) is 0 Å². The van der Waals surface area contributed by atoms with E-state index in [9.17, 15) is 0 Å². The van der Waals surface area contributed by atoms with E-state index in [-0.39, 0.29) is 111 Å². The first-order valence-electron chi connectivity index (χ1n) is 0. The first-order chi connectivity index (χ1) is 0. The van der Waals surface area contributed by atoms with Crippen LogP contribution >= 0.6 is 0 Å². The van der Waals surface area contributed by atoms with Crippen LogP contribution in [-0.2, 0) is 21.7 Å². The predicted molar refractivity (Wildman–Crippen MR) is 28.9 cm³/mol. The van der Waals surface area contributed by atoms with Crippen molar-refractivity contribution >= 4 is 40.4 Å². The minimum Gasteiger partial charge on any atom is -0.870 e. The molecular weight excluding hydrogens is 243 g/mol. The molecular formula is H9AlMgO9Ti. The van der Waals surface area contributed by atoms with Gasteiger partial charge in [0.05, 0.1) is 0 Å². The molecule has 0 aromatic heterocycles. The van der Waals surface area contributed by atoms with Gasteiger partial charge in [-0.2, -0.15) is 0 Å². The predicted octanol–water partition coefficient (Wildman–Crippen LogP) is -2.36. The summed E-state index contributed by atoms with van der Waals surface area (Å²) in [5.41, 5.74) is 0. The third-order valence-electron chi connectivity index (χ3n) is 0. The Balaban J connectivity index is 0. The molecule has 9 N–H and O–H groups in total. The molecule has 0 aromatic rings. The third-order valence-corrected chi connectivity index (χ3v) is 0. The van der Waals surface area contributed by atoms with Crippen molar-refractivity contribution in [3.63, 3.8) is 0 Å². The second kappa shape index (κ2) is 629. The summed E-state index contributed by atoms with van der Waals surface area (Å²) in [5.74, 6) is 0. The van der Waals surface area contributed by atoms with Gasteiger partial charge in [-0.1, -0.05) is 0 Å². The molecule has 0 rings (SSSR count). The topological polar surface area (TPSA) is 270 Å². The fraction of sp³-hybridized carbons (Fsp3) is 0. The summed E-state index contributed by atoms with van der Waals surface area (Å²) in [6.45, 7) is 0. The van der Waals surface area contributed by atoms with Gasteiger partial charge in [-0.25, -0.2) is 0 Å². The Labute approximate surface area is 111 Å². The van der Waals surface area contributed by atoms with Crippen LogP contribution in [0.5, 0.6) is 0 Å². The quantitative estimate of drug-likeness (QED) is 0.416. The molecule has 0 unspecified atom stereocenters. The Morgan fingerprint density at radius 2 is 0.333 bits per heavy atom. The maximum Gasteiger partial charge on any atom is 4.00 e. The van der Waals surface area contributed by atoms with E-state index in [0.29, 0.717) is 0 Å². The third kappa shape index (κ3) is 484. The van der Waals surface area contributed by atoms with Gasteiger partial charge in [0.15, 0.2) is 0 Å². The van der Waals surface area contributed by atoms with Crippen LogP contribution in [-0.4, -0.2) is 89.7 Å². The number of rotatable bonds is 0. The monoisotopic (exact) mass is 252 g/mol. The Hall–Kier alpha value is 1.65.